The van der Waals surface area contributed by atoms with Crippen LogP contribution in [0.2, 0.25) is 4.34 Å². The van der Waals surface area contributed by atoms with Crippen molar-refractivity contribution in [1.82, 2.24) is 4.90 Å². The first-order chi connectivity index (χ1) is 9.99. The molecule has 0 aliphatic heterocycles. The number of likely N-dealkylation sites (N-methyl/N-ethyl adjacent to an activating group) is 1. The molecular weight excluding hydrogens is 306 g/mol. The quantitative estimate of drug-likeness (QED) is 0.860. The van der Waals surface area contributed by atoms with Gasteiger partial charge in [0, 0.05) is 12.6 Å². The molecule has 1 N–H and O–H groups in total. The zero-order chi connectivity index (χ0) is 15.4. The maximum absolute atomic E-state index is 11.2. The average molecular weight is 324 g/mol. The van der Waals surface area contributed by atoms with Crippen LogP contribution in [-0.4, -0.2) is 29.6 Å². The Morgan fingerprint density at radius 3 is 2.76 bits per heavy atom. The van der Waals surface area contributed by atoms with E-state index >= 15 is 0 Å². The Bertz CT molecular complexity index is 626. The molecule has 0 radical (unpaired) electrons. The first-order valence-corrected chi connectivity index (χ1v) is 8.00. The van der Waals surface area contributed by atoms with E-state index in [1.807, 2.05) is 25.2 Å². The van der Waals surface area contributed by atoms with Crippen LogP contribution in [0, 0.1) is 0 Å². The van der Waals surface area contributed by atoms with E-state index in [0.717, 1.165) is 16.4 Å². The molecule has 1 aromatic heterocycles. The Morgan fingerprint density at radius 2 is 2.14 bits per heavy atom. The predicted octanol–water partition coefficient (Wildman–Crippen LogP) is 4.34. The van der Waals surface area contributed by atoms with E-state index in [1.165, 1.54) is 16.9 Å². The molecule has 1 unspecified atom stereocenters. The highest BCUT2D eigenvalue weighted by Crippen LogP contribution is 2.27. The number of carbonyl (C=O) groups is 1. The molecule has 0 aliphatic rings. The summed E-state index contributed by atoms with van der Waals surface area (Å²) in [6, 6.07) is 9.41. The van der Waals surface area contributed by atoms with Crippen LogP contribution in [0.25, 0.3) is 0 Å². The van der Waals surface area contributed by atoms with E-state index in [4.69, 9.17) is 11.6 Å². The normalized spacial score (nSPS) is 12.6. The lowest BCUT2D eigenvalue weighted by Gasteiger charge is -2.24. The number of nitrogens with zero attached hydrogens (tertiary/aromatic N) is 1. The molecule has 1 aromatic carbocycles. The van der Waals surface area contributed by atoms with Gasteiger partial charge in [0.15, 0.2) is 0 Å². The second kappa shape index (κ2) is 7.07. The van der Waals surface area contributed by atoms with Gasteiger partial charge in [-0.15, -0.1) is 11.3 Å². The van der Waals surface area contributed by atoms with Gasteiger partial charge in [0.2, 0.25) is 0 Å². The van der Waals surface area contributed by atoms with Gasteiger partial charge in [-0.25, -0.2) is 4.79 Å². The summed E-state index contributed by atoms with van der Waals surface area (Å²) < 4.78 is 0.793. The number of carboxylic acids is 1. The average Bonchev–Trinajstić information content (AvgIpc) is 2.90. The minimum Gasteiger partial charge on any atom is -0.478 e. The molecule has 0 saturated carbocycles. The van der Waals surface area contributed by atoms with Crippen molar-refractivity contribution in [3.8, 4) is 0 Å². The van der Waals surface area contributed by atoms with Gasteiger partial charge in [0.05, 0.1) is 9.90 Å². The van der Waals surface area contributed by atoms with Gasteiger partial charge >= 0.3 is 5.97 Å². The minimum absolute atomic E-state index is 0.255. The number of hydrogen-bond donors (Lipinski definition) is 1. The van der Waals surface area contributed by atoms with Crippen LogP contribution in [0.1, 0.15) is 34.5 Å². The van der Waals surface area contributed by atoms with Gasteiger partial charge < -0.3 is 5.11 Å². The third-order valence-electron chi connectivity index (χ3n) is 3.71. The van der Waals surface area contributed by atoms with E-state index in [1.54, 1.807) is 12.1 Å². The third kappa shape index (κ3) is 4.06. The van der Waals surface area contributed by atoms with E-state index in [9.17, 15) is 9.90 Å². The van der Waals surface area contributed by atoms with E-state index < -0.39 is 5.97 Å². The molecule has 2 rings (SSSR count). The summed E-state index contributed by atoms with van der Waals surface area (Å²) in [7, 11) is 2.04. The molecule has 2 aromatic rings. The molecule has 0 spiro atoms. The lowest BCUT2D eigenvalue weighted by atomic mass is 10.0. The number of benzene rings is 1. The molecule has 5 heteroatoms. The van der Waals surface area contributed by atoms with Crippen molar-refractivity contribution in [2.75, 3.05) is 13.6 Å². The summed E-state index contributed by atoms with van der Waals surface area (Å²) in [4.78, 5) is 13.4. The molecule has 0 bridgehead atoms. The summed E-state index contributed by atoms with van der Waals surface area (Å²) >= 11 is 7.50. The summed E-state index contributed by atoms with van der Waals surface area (Å²) in [6.07, 6.45) is 0.710. The number of rotatable bonds is 6. The first-order valence-electron chi connectivity index (χ1n) is 6.74. The molecule has 1 atom stereocenters. The molecule has 1 heterocycles. The van der Waals surface area contributed by atoms with Crippen molar-refractivity contribution in [1.29, 1.82) is 0 Å². The number of thiophene rings is 1. The molecule has 112 valence electrons. The number of aromatic carboxylic acids is 1. The molecule has 0 aliphatic carbocycles. The van der Waals surface area contributed by atoms with Crippen LogP contribution in [0.15, 0.2) is 35.7 Å². The van der Waals surface area contributed by atoms with Crippen LogP contribution in [-0.2, 0) is 6.42 Å². The van der Waals surface area contributed by atoms with Crippen LogP contribution < -0.4 is 0 Å². The zero-order valence-electron chi connectivity index (χ0n) is 12.0. The summed E-state index contributed by atoms with van der Waals surface area (Å²) in [6.45, 7) is 2.92. The Morgan fingerprint density at radius 1 is 1.43 bits per heavy atom. The van der Waals surface area contributed by atoms with Gasteiger partial charge in [-0.3, -0.25) is 4.90 Å². The number of halogens is 1. The Balaban J connectivity index is 2.01. The van der Waals surface area contributed by atoms with E-state index in [0.29, 0.717) is 12.0 Å². The number of hydrogen-bond acceptors (Lipinski definition) is 3. The van der Waals surface area contributed by atoms with Gasteiger partial charge in [-0.2, -0.15) is 0 Å². The maximum atomic E-state index is 11.2. The molecule has 3 nitrogen and oxygen atoms in total. The number of carboxylic acid groups (broad SMARTS) is 1. The highest BCUT2D eigenvalue weighted by atomic mass is 35.5. The van der Waals surface area contributed by atoms with Crippen LogP contribution >= 0.6 is 22.9 Å². The summed E-state index contributed by atoms with van der Waals surface area (Å²) in [5.74, 6) is -0.870. The minimum atomic E-state index is -0.870. The van der Waals surface area contributed by atoms with Gasteiger partial charge in [-0.1, -0.05) is 29.8 Å². The predicted molar refractivity (Wildman–Crippen MR) is 87.5 cm³/mol. The highest BCUT2D eigenvalue weighted by Gasteiger charge is 2.15. The fourth-order valence-corrected chi connectivity index (χ4v) is 3.21. The zero-order valence-corrected chi connectivity index (χ0v) is 13.6. The second-order valence-electron chi connectivity index (χ2n) is 5.05. The van der Waals surface area contributed by atoms with Gasteiger partial charge in [0.25, 0.3) is 0 Å². The molecule has 0 fully saturated rings. The molecule has 0 amide bonds. The summed E-state index contributed by atoms with van der Waals surface area (Å²) in [5, 5.41) is 11.3. The maximum Gasteiger partial charge on any atom is 0.335 e. The lowest BCUT2D eigenvalue weighted by molar-refractivity contribution is 0.0695. The van der Waals surface area contributed by atoms with Crippen LogP contribution in [0.3, 0.4) is 0 Å². The van der Waals surface area contributed by atoms with E-state index in [2.05, 4.69) is 17.2 Å². The third-order valence-corrected chi connectivity index (χ3v) is 4.82. The van der Waals surface area contributed by atoms with Gasteiger partial charge in [0.1, 0.15) is 0 Å². The Hall–Kier alpha value is -1.36. The van der Waals surface area contributed by atoms with Crippen molar-refractivity contribution in [2.45, 2.75) is 19.4 Å². The fourth-order valence-electron chi connectivity index (χ4n) is 2.23. The SMILES string of the molecule is CC(c1csc(Cl)c1)N(C)CCc1ccccc1C(=O)O. The smallest absolute Gasteiger partial charge is 0.335 e. The standard InChI is InChI=1S/C16H18ClNO2S/c1-11(13-9-15(17)21-10-13)18(2)8-7-12-5-3-4-6-14(12)16(19)20/h3-6,9-11H,7-8H2,1-2H3,(H,19,20). The monoisotopic (exact) mass is 323 g/mol. The molecular formula is C16H18ClNO2S. The van der Waals surface area contributed by atoms with Crippen LogP contribution in [0.4, 0.5) is 0 Å². The van der Waals surface area contributed by atoms with Crippen molar-refractivity contribution >= 4 is 28.9 Å². The van der Waals surface area contributed by atoms with Crippen molar-refractivity contribution < 1.29 is 9.90 Å². The second-order valence-corrected chi connectivity index (χ2v) is 6.60. The first kappa shape index (κ1) is 16.0. The van der Waals surface area contributed by atoms with Crippen molar-refractivity contribution in [3.05, 3.63) is 56.7 Å². The largest absolute Gasteiger partial charge is 0.478 e. The molecule has 21 heavy (non-hydrogen) atoms. The van der Waals surface area contributed by atoms with Crippen LogP contribution in [0.5, 0.6) is 0 Å². The lowest BCUT2D eigenvalue weighted by Crippen LogP contribution is -2.25. The van der Waals surface area contributed by atoms with Gasteiger partial charge in [-0.05, 0) is 49.0 Å². The highest BCUT2D eigenvalue weighted by molar-refractivity contribution is 7.14. The Kier molecular flexibility index (Phi) is 5.39. The van der Waals surface area contributed by atoms with E-state index in [-0.39, 0.29) is 6.04 Å². The topological polar surface area (TPSA) is 40.5 Å². The van der Waals surface area contributed by atoms with Crippen molar-refractivity contribution in [2.24, 2.45) is 0 Å². The Labute approximate surface area is 133 Å². The fraction of sp³-hybridized carbons (Fsp3) is 0.312. The van der Waals surface area contributed by atoms with Crippen molar-refractivity contribution in [3.63, 3.8) is 0 Å². The molecule has 0 saturated heterocycles. The summed E-state index contributed by atoms with van der Waals surface area (Å²) in [5.41, 5.74) is 2.45.